The number of hydrogen-bond donors (Lipinski definition) is 2. The highest BCUT2D eigenvalue weighted by atomic mass is 32.2. The van der Waals surface area contributed by atoms with Crippen molar-refractivity contribution in [2.75, 3.05) is 5.75 Å². The van der Waals surface area contributed by atoms with Crippen LogP contribution in [0.5, 0.6) is 5.75 Å². The molecule has 17 heavy (non-hydrogen) atoms. The molecule has 1 aromatic rings. The van der Waals surface area contributed by atoms with Crippen molar-refractivity contribution in [3.8, 4) is 5.75 Å². The van der Waals surface area contributed by atoms with Gasteiger partial charge < -0.3 is 14.7 Å². The average molecular weight is 258 g/mol. The van der Waals surface area contributed by atoms with Gasteiger partial charge in [0.05, 0.1) is 10.6 Å². The summed E-state index contributed by atoms with van der Waals surface area (Å²) < 4.78 is 28.3. The minimum Gasteiger partial charge on any atom is -0.512 e. The van der Waals surface area contributed by atoms with Gasteiger partial charge in [0, 0.05) is 0 Å². The van der Waals surface area contributed by atoms with E-state index in [1.165, 1.54) is 24.3 Å². The van der Waals surface area contributed by atoms with Crippen LogP contribution >= 0.6 is 0 Å². The molecule has 0 radical (unpaired) electrons. The number of hydrogen-bond acceptors (Lipinski definition) is 5. The molecule has 2 N–H and O–H groups in total. The largest absolute Gasteiger partial charge is 0.707 e. The Hall–Kier alpha value is -1.05. The third-order valence-corrected chi connectivity index (χ3v) is 4.07. The molecule has 0 heterocycles. The van der Waals surface area contributed by atoms with E-state index < -0.39 is 17.2 Å². The second-order valence-electron chi connectivity index (χ2n) is 4.09. The Labute approximate surface area is 101 Å². The van der Waals surface area contributed by atoms with E-state index in [2.05, 4.69) is 4.65 Å². The molecule has 0 amide bonds. The summed E-state index contributed by atoms with van der Waals surface area (Å²) in [5.74, 6) is 0.328. The summed E-state index contributed by atoms with van der Waals surface area (Å²) in [5, 5.41) is 17.1. The van der Waals surface area contributed by atoms with Gasteiger partial charge in [0.2, 0.25) is 0 Å². The topological polar surface area (TPSA) is 83.8 Å². The fourth-order valence-corrected chi connectivity index (χ4v) is 3.00. The Morgan fingerprint density at radius 2 is 1.76 bits per heavy atom. The molecule has 0 unspecified atom stereocenters. The predicted molar refractivity (Wildman–Crippen MR) is 64.2 cm³/mol. The van der Waals surface area contributed by atoms with E-state index in [4.69, 9.17) is 10.0 Å². The predicted octanol–water partition coefficient (Wildman–Crippen LogP) is 0.465. The lowest BCUT2D eigenvalue weighted by molar-refractivity contribution is 0.288. The van der Waals surface area contributed by atoms with Crippen LogP contribution in [0.1, 0.15) is 13.8 Å². The molecular formula is C10H15BO5S. The molecular weight excluding hydrogens is 243 g/mol. The summed E-state index contributed by atoms with van der Waals surface area (Å²) >= 11 is 0. The summed E-state index contributed by atoms with van der Waals surface area (Å²) in [6.45, 7) is 3.66. The first-order valence-corrected chi connectivity index (χ1v) is 6.82. The number of rotatable bonds is 5. The van der Waals surface area contributed by atoms with Gasteiger partial charge in [-0.25, -0.2) is 8.42 Å². The second kappa shape index (κ2) is 5.53. The Kier molecular flexibility index (Phi) is 4.56. The molecule has 0 aliphatic heterocycles. The minimum atomic E-state index is -3.29. The van der Waals surface area contributed by atoms with Crippen molar-refractivity contribution < 1.29 is 23.1 Å². The van der Waals surface area contributed by atoms with Crippen molar-refractivity contribution in [3.05, 3.63) is 24.3 Å². The SMILES string of the molecule is CC(C)CS(=O)(=O)c1ccc(OB(O)O)cc1. The molecule has 1 aromatic carbocycles. The molecule has 0 atom stereocenters. The van der Waals surface area contributed by atoms with Gasteiger partial charge in [-0.05, 0) is 30.2 Å². The van der Waals surface area contributed by atoms with E-state index in [0.29, 0.717) is 0 Å². The van der Waals surface area contributed by atoms with Crippen molar-refractivity contribution in [1.82, 2.24) is 0 Å². The number of sulfone groups is 1. The highest BCUT2D eigenvalue weighted by Crippen LogP contribution is 2.18. The summed E-state index contributed by atoms with van der Waals surface area (Å²) in [6.07, 6.45) is 0. The first-order valence-electron chi connectivity index (χ1n) is 5.17. The lowest BCUT2D eigenvalue weighted by Gasteiger charge is -2.08. The molecule has 0 spiro atoms. The summed E-state index contributed by atoms with van der Waals surface area (Å²) in [7, 11) is -5.19. The van der Waals surface area contributed by atoms with Crippen LogP contribution < -0.4 is 4.65 Å². The van der Waals surface area contributed by atoms with Crippen LogP contribution in [0.2, 0.25) is 0 Å². The van der Waals surface area contributed by atoms with Crippen molar-refractivity contribution >= 4 is 17.2 Å². The fraction of sp³-hybridized carbons (Fsp3) is 0.400. The van der Waals surface area contributed by atoms with E-state index in [1.54, 1.807) is 0 Å². The smallest absolute Gasteiger partial charge is 0.512 e. The molecule has 0 bridgehead atoms. The molecule has 0 aromatic heterocycles. The van der Waals surface area contributed by atoms with Crippen molar-refractivity contribution in [3.63, 3.8) is 0 Å². The molecule has 0 saturated heterocycles. The van der Waals surface area contributed by atoms with Gasteiger partial charge in [-0.3, -0.25) is 0 Å². The van der Waals surface area contributed by atoms with Crippen molar-refractivity contribution in [1.29, 1.82) is 0 Å². The van der Waals surface area contributed by atoms with Crippen LogP contribution in [-0.4, -0.2) is 31.5 Å². The van der Waals surface area contributed by atoms with Crippen molar-refractivity contribution in [2.24, 2.45) is 5.92 Å². The van der Waals surface area contributed by atoms with E-state index in [1.807, 2.05) is 13.8 Å². The molecule has 0 saturated carbocycles. The fourth-order valence-electron chi connectivity index (χ4n) is 1.38. The van der Waals surface area contributed by atoms with Crippen LogP contribution in [0.15, 0.2) is 29.2 Å². The average Bonchev–Trinajstić information content (AvgIpc) is 2.15. The van der Waals surface area contributed by atoms with Gasteiger partial charge >= 0.3 is 7.32 Å². The Bertz CT molecular complexity index is 452. The Balaban J connectivity index is 2.87. The monoisotopic (exact) mass is 258 g/mol. The van der Waals surface area contributed by atoms with Crippen LogP contribution in [0.3, 0.4) is 0 Å². The number of benzene rings is 1. The molecule has 5 nitrogen and oxygen atoms in total. The highest BCUT2D eigenvalue weighted by Gasteiger charge is 2.17. The molecule has 0 fully saturated rings. The van der Waals surface area contributed by atoms with Crippen molar-refractivity contribution in [2.45, 2.75) is 18.7 Å². The van der Waals surface area contributed by atoms with Crippen LogP contribution in [-0.2, 0) is 9.84 Å². The lowest BCUT2D eigenvalue weighted by atomic mass is 10.2. The van der Waals surface area contributed by atoms with Gasteiger partial charge in [0.15, 0.2) is 9.84 Å². The van der Waals surface area contributed by atoms with Crippen LogP contribution in [0.4, 0.5) is 0 Å². The maximum absolute atomic E-state index is 11.8. The van der Waals surface area contributed by atoms with E-state index in [9.17, 15) is 8.42 Å². The third-order valence-electron chi connectivity index (χ3n) is 1.98. The quantitative estimate of drug-likeness (QED) is 0.750. The van der Waals surface area contributed by atoms with Gasteiger partial charge in [-0.1, -0.05) is 13.8 Å². The van der Waals surface area contributed by atoms with E-state index in [0.717, 1.165) is 0 Å². The minimum absolute atomic E-state index is 0.0511. The van der Waals surface area contributed by atoms with Crippen LogP contribution in [0, 0.1) is 5.92 Å². The first-order chi connectivity index (χ1) is 7.81. The van der Waals surface area contributed by atoms with Gasteiger partial charge in [-0.2, -0.15) is 0 Å². The Morgan fingerprint density at radius 3 is 2.18 bits per heavy atom. The lowest BCUT2D eigenvalue weighted by Crippen LogP contribution is -2.20. The van der Waals surface area contributed by atoms with Gasteiger partial charge in [0.25, 0.3) is 0 Å². The molecule has 7 heteroatoms. The molecule has 94 valence electrons. The zero-order valence-corrected chi connectivity index (χ0v) is 10.5. The molecule has 0 aliphatic rings. The zero-order valence-electron chi connectivity index (χ0n) is 9.70. The second-order valence-corrected chi connectivity index (χ2v) is 6.13. The highest BCUT2D eigenvalue weighted by molar-refractivity contribution is 7.91. The van der Waals surface area contributed by atoms with E-state index >= 15 is 0 Å². The summed E-state index contributed by atoms with van der Waals surface area (Å²) in [4.78, 5) is 0.200. The normalized spacial score (nSPS) is 11.6. The van der Waals surface area contributed by atoms with Gasteiger partial charge in [0.1, 0.15) is 5.75 Å². The maximum atomic E-state index is 11.8. The Morgan fingerprint density at radius 1 is 1.24 bits per heavy atom. The first kappa shape index (κ1) is 14.0. The summed E-state index contributed by atoms with van der Waals surface area (Å²) in [5.41, 5.74) is 0. The third kappa shape index (κ3) is 4.37. The standard InChI is InChI=1S/C10H15BO5S/c1-8(2)7-17(14,15)10-5-3-9(4-6-10)16-11(12)13/h3-6,8,12-13H,7H2,1-2H3. The summed E-state index contributed by atoms with van der Waals surface area (Å²) in [6, 6.07) is 5.53. The van der Waals surface area contributed by atoms with Crippen LogP contribution in [0.25, 0.3) is 0 Å². The maximum Gasteiger partial charge on any atom is 0.707 e. The van der Waals surface area contributed by atoms with E-state index in [-0.39, 0.29) is 22.3 Å². The molecule has 1 rings (SSSR count). The van der Waals surface area contributed by atoms with Gasteiger partial charge in [-0.15, -0.1) is 0 Å². The zero-order chi connectivity index (χ0) is 13.1. The molecule has 0 aliphatic carbocycles.